The van der Waals surface area contributed by atoms with Crippen LogP contribution in [-0.2, 0) is 11.3 Å². The normalized spacial score (nSPS) is 13.0. The molecule has 1 rings (SSSR count). The molecule has 1 heterocycles. The average Bonchev–Trinajstić information content (AvgIpc) is 2.36. The summed E-state index contributed by atoms with van der Waals surface area (Å²) < 4.78 is 20.3. The third kappa shape index (κ3) is 1.56. The molecule has 10 heavy (non-hydrogen) atoms. The zero-order chi connectivity index (χ0) is 7.56. The standard InChI is InChI=1S/C5H7NO2S2/c1-6(10(7)8)5-3-2-4-9-5/h2-4H,1H3,(H,7,8). The maximum Gasteiger partial charge on any atom is 0.262 e. The second kappa shape index (κ2) is 3.14. The SMILES string of the molecule is CN(c1cccs1)S(=O)O. The molecular weight excluding hydrogens is 170 g/mol. The molecule has 0 aliphatic heterocycles. The Morgan fingerprint density at radius 1 is 1.80 bits per heavy atom. The highest BCUT2D eigenvalue weighted by Crippen LogP contribution is 2.19. The van der Waals surface area contributed by atoms with E-state index in [0.29, 0.717) is 0 Å². The molecule has 0 aromatic carbocycles. The Hall–Kier alpha value is -0.390. The monoisotopic (exact) mass is 177 g/mol. The highest BCUT2D eigenvalue weighted by atomic mass is 32.2. The van der Waals surface area contributed by atoms with E-state index in [9.17, 15) is 4.21 Å². The molecule has 56 valence electrons. The maximum atomic E-state index is 10.4. The summed E-state index contributed by atoms with van der Waals surface area (Å²) in [4.78, 5) is 0. The summed E-state index contributed by atoms with van der Waals surface area (Å²) in [7, 11) is 1.57. The van der Waals surface area contributed by atoms with E-state index in [1.165, 1.54) is 15.6 Å². The molecule has 1 N–H and O–H groups in total. The van der Waals surface area contributed by atoms with E-state index in [0.717, 1.165) is 5.00 Å². The van der Waals surface area contributed by atoms with Crippen molar-refractivity contribution < 1.29 is 8.76 Å². The molecule has 0 aliphatic rings. The van der Waals surface area contributed by atoms with Gasteiger partial charge in [0.25, 0.3) is 11.3 Å². The summed E-state index contributed by atoms with van der Waals surface area (Å²) >= 11 is -0.464. The molecular formula is C5H7NO2S2. The van der Waals surface area contributed by atoms with Crippen molar-refractivity contribution in [3.8, 4) is 0 Å². The summed E-state index contributed by atoms with van der Waals surface area (Å²) in [6.45, 7) is 0. The molecule has 0 saturated heterocycles. The molecule has 0 saturated carbocycles. The molecule has 0 aliphatic carbocycles. The lowest BCUT2D eigenvalue weighted by molar-refractivity contribution is 0.563. The average molecular weight is 177 g/mol. The molecule has 5 heteroatoms. The largest absolute Gasteiger partial charge is 0.289 e. The Kier molecular flexibility index (Phi) is 2.42. The van der Waals surface area contributed by atoms with Crippen LogP contribution in [0.4, 0.5) is 5.00 Å². The lowest BCUT2D eigenvalue weighted by Gasteiger charge is -2.09. The van der Waals surface area contributed by atoms with Crippen LogP contribution < -0.4 is 4.31 Å². The second-order valence-corrected chi connectivity index (χ2v) is 3.61. The number of hydrogen-bond acceptors (Lipinski definition) is 2. The first-order chi connectivity index (χ1) is 4.72. The Labute approximate surface area is 65.7 Å². The second-order valence-electron chi connectivity index (χ2n) is 1.68. The van der Waals surface area contributed by atoms with Crippen LogP contribution in [-0.4, -0.2) is 15.8 Å². The zero-order valence-electron chi connectivity index (χ0n) is 5.35. The van der Waals surface area contributed by atoms with Crippen LogP contribution in [0, 0.1) is 0 Å². The van der Waals surface area contributed by atoms with Crippen molar-refractivity contribution in [2.75, 3.05) is 11.4 Å². The van der Waals surface area contributed by atoms with Gasteiger partial charge in [-0.3, -0.25) is 8.86 Å². The van der Waals surface area contributed by atoms with Gasteiger partial charge in [0.2, 0.25) is 0 Å². The predicted octanol–water partition coefficient (Wildman–Crippen LogP) is 1.32. The van der Waals surface area contributed by atoms with E-state index in [4.69, 9.17) is 4.55 Å². The Bertz CT molecular complexity index is 222. The first-order valence-corrected chi connectivity index (χ1v) is 4.54. The fourth-order valence-electron chi connectivity index (χ4n) is 0.526. The van der Waals surface area contributed by atoms with Gasteiger partial charge in [0.05, 0.1) is 0 Å². The summed E-state index contributed by atoms with van der Waals surface area (Å²) in [5.41, 5.74) is 0. The summed E-state index contributed by atoms with van der Waals surface area (Å²) in [6, 6.07) is 3.63. The van der Waals surface area contributed by atoms with Crippen LogP contribution >= 0.6 is 11.3 Å². The molecule has 1 aromatic heterocycles. The Morgan fingerprint density at radius 3 is 2.90 bits per heavy atom. The molecule has 1 aromatic rings. The van der Waals surface area contributed by atoms with Crippen molar-refractivity contribution in [2.45, 2.75) is 0 Å². The molecule has 0 bridgehead atoms. The fraction of sp³-hybridized carbons (Fsp3) is 0.200. The van der Waals surface area contributed by atoms with Crippen molar-refractivity contribution in [1.82, 2.24) is 0 Å². The van der Waals surface area contributed by atoms with E-state index in [2.05, 4.69) is 0 Å². The van der Waals surface area contributed by atoms with Gasteiger partial charge in [-0.1, -0.05) is 0 Å². The van der Waals surface area contributed by atoms with Gasteiger partial charge in [0.15, 0.2) is 0 Å². The van der Waals surface area contributed by atoms with Gasteiger partial charge in [-0.25, -0.2) is 4.21 Å². The number of thiophene rings is 1. The van der Waals surface area contributed by atoms with E-state index >= 15 is 0 Å². The van der Waals surface area contributed by atoms with Gasteiger partial charge in [-0.15, -0.1) is 11.3 Å². The van der Waals surface area contributed by atoms with E-state index < -0.39 is 11.3 Å². The predicted molar refractivity (Wildman–Crippen MR) is 43.5 cm³/mol. The van der Waals surface area contributed by atoms with Gasteiger partial charge in [-0.05, 0) is 17.5 Å². The van der Waals surface area contributed by atoms with E-state index in [-0.39, 0.29) is 0 Å². The van der Waals surface area contributed by atoms with Crippen molar-refractivity contribution in [2.24, 2.45) is 0 Å². The zero-order valence-corrected chi connectivity index (χ0v) is 6.98. The van der Waals surface area contributed by atoms with Crippen LogP contribution in [0.25, 0.3) is 0 Å². The smallest absolute Gasteiger partial charge is 0.262 e. The van der Waals surface area contributed by atoms with E-state index in [1.54, 1.807) is 13.1 Å². The molecule has 0 fully saturated rings. The lowest BCUT2D eigenvalue weighted by atomic mass is 10.6. The highest BCUT2D eigenvalue weighted by Gasteiger charge is 2.04. The van der Waals surface area contributed by atoms with Gasteiger partial charge < -0.3 is 0 Å². The van der Waals surface area contributed by atoms with Crippen LogP contribution in [0.2, 0.25) is 0 Å². The number of nitrogens with zero attached hydrogens (tertiary/aromatic N) is 1. The molecule has 1 atom stereocenters. The summed E-state index contributed by atoms with van der Waals surface area (Å²) in [5.74, 6) is 0. The summed E-state index contributed by atoms with van der Waals surface area (Å²) in [6.07, 6.45) is 0. The molecule has 1 unspecified atom stereocenters. The van der Waals surface area contributed by atoms with Gasteiger partial charge in [-0.2, -0.15) is 0 Å². The quantitative estimate of drug-likeness (QED) is 0.692. The molecule has 3 nitrogen and oxygen atoms in total. The first-order valence-electron chi connectivity index (χ1n) is 2.60. The molecule has 0 amide bonds. The van der Waals surface area contributed by atoms with Crippen LogP contribution in [0.1, 0.15) is 0 Å². The molecule has 0 spiro atoms. The van der Waals surface area contributed by atoms with Gasteiger partial charge >= 0.3 is 0 Å². The number of anilines is 1. The minimum Gasteiger partial charge on any atom is -0.289 e. The van der Waals surface area contributed by atoms with Crippen LogP contribution in [0.5, 0.6) is 0 Å². The number of hydrogen-bond donors (Lipinski definition) is 1. The number of rotatable bonds is 2. The van der Waals surface area contributed by atoms with Crippen molar-refractivity contribution in [1.29, 1.82) is 0 Å². The van der Waals surface area contributed by atoms with Crippen molar-refractivity contribution >= 4 is 27.6 Å². The lowest BCUT2D eigenvalue weighted by Crippen LogP contribution is -2.17. The third-order valence-corrected chi connectivity index (χ3v) is 2.78. The maximum absolute atomic E-state index is 10.4. The van der Waals surface area contributed by atoms with Crippen LogP contribution in [0.3, 0.4) is 0 Å². The van der Waals surface area contributed by atoms with Gasteiger partial charge in [0, 0.05) is 7.05 Å². The van der Waals surface area contributed by atoms with Gasteiger partial charge in [0.1, 0.15) is 5.00 Å². The Morgan fingerprint density at radius 2 is 2.50 bits per heavy atom. The van der Waals surface area contributed by atoms with Crippen LogP contribution in [0.15, 0.2) is 17.5 Å². The van der Waals surface area contributed by atoms with Crippen molar-refractivity contribution in [3.05, 3.63) is 17.5 Å². The highest BCUT2D eigenvalue weighted by molar-refractivity contribution is 7.81. The topological polar surface area (TPSA) is 40.5 Å². The third-order valence-electron chi connectivity index (χ3n) is 1.05. The first kappa shape index (κ1) is 7.71. The minimum absolute atomic E-state index is 0.792. The Balaban J connectivity index is 2.77. The fourth-order valence-corrected chi connectivity index (χ4v) is 1.66. The van der Waals surface area contributed by atoms with Crippen molar-refractivity contribution in [3.63, 3.8) is 0 Å². The van der Waals surface area contributed by atoms with E-state index in [1.807, 2.05) is 11.4 Å². The molecule has 0 radical (unpaired) electrons. The minimum atomic E-state index is -1.90. The summed E-state index contributed by atoms with van der Waals surface area (Å²) in [5, 5.41) is 2.65.